The van der Waals surface area contributed by atoms with Gasteiger partial charge in [-0.1, -0.05) is 30.3 Å². The van der Waals surface area contributed by atoms with Crippen LogP contribution in [0, 0.1) is 11.6 Å². The van der Waals surface area contributed by atoms with E-state index in [2.05, 4.69) is 29.2 Å². The molecular weight excluding hydrogens is 463 g/mol. The summed E-state index contributed by atoms with van der Waals surface area (Å²) in [6.07, 6.45) is 2.15. The molecule has 2 atom stereocenters. The lowest BCUT2D eigenvalue weighted by Crippen LogP contribution is -2.53. The summed E-state index contributed by atoms with van der Waals surface area (Å²) in [6, 6.07) is 12.2. The fourth-order valence-electron chi connectivity index (χ4n) is 3.42. The van der Waals surface area contributed by atoms with Gasteiger partial charge in [0.25, 0.3) is 0 Å². The van der Waals surface area contributed by atoms with Crippen LogP contribution in [0.1, 0.15) is 30.9 Å². The molecule has 0 spiro atoms. The number of halogens is 3. The summed E-state index contributed by atoms with van der Waals surface area (Å²) in [6.45, 7) is 6.04. The van der Waals surface area contributed by atoms with Gasteiger partial charge in [-0.3, -0.25) is 4.90 Å². The zero-order chi connectivity index (χ0) is 19.7. The Kier molecular flexibility index (Phi) is 5.55. The fraction of sp³-hybridized carbons (Fsp3) is 0.286. The number of cyclic esters (lactones) is 1. The summed E-state index contributed by atoms with van der Waals surface area (Å²) in [5.74, 6) is -0.699. The molecule has 0 saturated carbocycles. The van der Waals surface area contributed by atoms with Crippen molar-refractivity contribution in [3.05, 3.63) is 83.9 Å². The van der Waals surface area contributed by atoms with Gasteiger partial charge in [0.05, 0.1) is 0 Å². The highest BCUT2D eigenvalue weighted by molar-refractivity contribution is 14.1. The Labute approximate surface area is 171 Å². The van der Waals surface area contributed by atoms with E-state index in [4.69, 9.17) is 4.74 Å². The van der Waals surface area contributed by atoms with Crippen LogP contribution in [0.5, 0.6) is 0 Å². The quantitative estimate of drug-likeness (QED) is 0.230. The lowest BCUT2D eigenvalue weighted by Gasteiger charge is -2.46. The van der Waals surface area contributed by atoms with Gasteiger partial charge in [-0.05, 0) is 64.9 Å². The molecular formula is C21H20F2INO2. The molecule has 1 fully saturated rings. The molecule has 3 nitrogen and oxygen atoms in total. The maximum atomic E-state index is 13.7. The van der Waals surface area contributed by atoms with Crippen molar-refractivity contribution in [2.45, 2.75) is 28.9 Å². The third kappa shape index (κ3) is 3.85. The molecule has 0 N–H and O–H groups in total. The van der Waals surface area contributed by atoms with Crippen molar-refractivity contribution in [2.75, 3.05) is 6.54 Å². The molecule has 3 rings (SSSR count). The highest BCUT2D eigenvalue weighted by Gasteiger charge is 2.46. The molecule has 2 aromatic rings. The number of nitrogens with zero attached hydrogens (tertiary/aromatic N) is 1. The summed E-state index contributed by atoms with van der Waals surface area (Å²) in [7, 11) is 0. The van der Waals surface area contributed by atoms with Crippen molar-refractivity contribution in [3.8, 4) is 0 Å². The second-order valence-electron chi connectivity index (χ2n) is 6.73. The van der Waals surface area contributed by atoms with Crippen molar-refractivity contribution in [3.63, 3.8) is 0 Å². The highest BCUT2D eigenvalue weighted by Crippen LogP contribution is 2.44. The van der Waals surface area contributed by atoms with Crippen LogP contribution in [0.15, 0.2) is 61.2 Å². The van der Waals surface area contributed by atoms with Gasteiger partial charge in [0.15, 0.2) is 0 Å². The van der Waals surface area contributed by atoms with Crippen LogP contribution in [0.2, 0.25) is 0 Å². The van der Waals surface area contributed by atoms with Gasteiger partial charge in [-0.2, -0.15) is 0 Å². The molecule has 2 aromatic carbocycles. The molecule has 1 saturated heterocycles. The molecule has 1 unspecified atom stereocenters. The number of hydrogen-bond acceptors (Lipinski definition) is 2. The van der Waals surface area contributed by atoms with Gasteiger partial charge in [0, 0.05) is 19.4 Å². The molecule has 1 aliphatic heterocycles. The average Bonchev–Trinajstić information content (AvgIpc) is 2.62. The normalized spacial score (nSPS) is 22.1. The first kappa shape index (κ1) is 19.8. The van der Waals surface area contributed by atoms with Crippen molar-refractivity contribution in [2.24, 2.45) is 0 Å². The molecule has 6 heteroatoms. The van der Waals surface area contributed by atoms with Crippen molar-refractivity contribution in [1.82, 2.24) is 4.90 Å². The summed E-state index contributed by atoms with van der Waals surface area (Å²) < 4.78 is 32.1. The maximum Gasteiger partial charge on any atom is 0.412 e. The molecule has 0 bridgehead atoms. The maximum absolute atomic E-state index is 13.7. The number of amides is 1. The van der Waals surface area contributed by atoms with Gasteiger partial charge in [0.2, 0.25) is 0 Å². The van der Waals surface area contributed by atoms with E-state index in [-0.39, 0.29) is 11.6 Å². The van der Waals surface area contributed by atoms with Gasteiger partial charge in [0.1, 0.15) is 20.8 Å². The zero-order valence-corrected chi connectivity index (χ0v) is 17.1. The van der Waals surface area contributed by atoms with Crippen molar-refractivity contribution in [1.29, 1.82) is 0 Å². The molecule has 0 radical (unpaired) electrons. The predicted octanol–water partition coefficient (Wildman–Crippen LogP) is 5.89. The van der Waals surface area contributed by atoms with Gasteiger partial charge in [-0.25, -0.2) is 13.6 Å². The van der Waals surface area contributed by atoms with Crippen LogP contribution in [0.3, 0.4) is 0 Å². The first-order valence-electron chi connectivity index (χ1n) is 8.61. The minimum absolute atomic E-state index is 0.345. The third-order valence-corrected chi connectivity index (χ3v) is 6.15. The Bertz CT molecular complexity index is 854. The summed E-state index contributed by atoms with van der Waals surface area (Å²) in [4.78, 5) is 14.5. The largest absolute Gasteiger partial charge is 0.437 e. The second kappa shape index (κ2) is 7.58. The lowest BCUT2D eigenvalue weighted by atomic mass is 9.85. The molecule has 1 heterocycles. The van der Waals surface area contributed by atoms with E-state index in [1.807, 2.05) is 6.92 Å². The van der Waals surface area contributed by atoms with Crippen molar-refractivity contribution < 1.29 is 18.3 Å². The Morgan fingerprint density at radius 1 is 1.26 bits per heavy atom. The van der Waals surface area contributed by atoms with Crippen molar-refractivity contribution >= 4 is 28.7 Å². The van der Waals surface area contributed by atoms with Gasteiger partial charge in [-0.15, -0.1) is 6.58 Å². The topological polar surface area (TPSA) is 29.5 Å². The van der Waals surface area contributed by atoms with Crippen LogP contribution in [0.4, 0.5) is 13.6 Å². The summed E-state index contributed by atoms with van der Waals surface area (Å²) >= 11 is 2.13. The standard InChI is InChI=1S/C21H20F2INO2/c1-3-11-21(15-7-9-17(22)10-8-15)12-13-25(19(26)27-21)20(2,24)16-5-4-6-18(23)14-16/h3-10,14H,1,11-13H2,2H3/t20-,21?/m1/s1. The van der Waals surface area contributed by atoms with Gasteiger partial charge < -0.3 is 4.74 Å². The number of carbonyl (C=O) groups excluding carboxylic acids is 1. The van der Waals surface area contributed by atoms with Crippen LogP contribution in [-0.2, 0) is 13.9 Å². The third-order valence-electron chi connectivity index (χ3n) is 4.95. The lowest BCUT2D eigenvalue weighted by molar-refractivity contribution is -0.0609. The Balaban J connectivity index is 1.90. The van der Waals surface area contributed by atoms with Crippen LogP contribution >= 0.6 is 22.6 Å². The molecule has 0 aliphatic carbocycles. The number of ether oxygens (including phenoxy) is 1. The summed E-state index contributed by atoms with van der Waals surface area (Å²) in [5, 5.41) is 0. The van der Waals surface area contributed by atoms with E-state index in [0.717, 1.165) is 5.56 Å². The van der Waals surface area contributed by atoms with Crippen LogP contribution < -0.4 is 0 Å². The van der Waals surface area contributed by atoms with E-state index >= 15 is 0 Å². The molecule has 1 amide bonds. The SMILES string of the molecule is C=CCC1(c2ccc(F)cc2)CCN([C@@](C)(I)c2cccc(F)c2)C(=O)O1. The minimum atomic E-state index is -0.877. The number of rotatable bonds is 5. The Hall–Kier alpha value is -1.96. The highest BCUT2D eigenvalue weighted by atomic mass is 127. The monoisotopic (exact) mass is 483 g/mol. The number of carbonyl (C=O) groups is 1. The molecule has 27 heavy (non-hydrogen) atoms. The molecule has 142 valence electrons. The fourth-order valence-corrected chi connectivity index (χ4v) is 4.19. The Morgan fingerprint density at radius 2 is 1.96 bits per heavy atom. The Morgan fingerprint density at radius 3 is 2.56 bits per heavy atom. The van der Waals surface area contributed by atoms with Gasteiger partial charge >= 0.3 is 6.09 Å². The average molecular weight is 483 g/mol. The number of hydrogen-bond donors (Lipinski definition) is 0. The number of alkyl halides is 1. The van der Waals surface area contributed by atoms with E-state index in [0.29, 0.717) is 24.9 Å². The first-order valence-corrected chi connectivity index (χ1v) is 9.69. The first-order chi connectivity index (χ1) is 12.8. The van der Waals surface area contributed by atoms with E-state index in [9.17, 15) is 13.6 Å². The molecule has 1 aliphatic rings. The second-order valence-corrected chi connectivity index (χ2v) is 8.83. The summed E-state index contributed by atoms with van der Waals surface area (Å²) in [5.41, 5.74) is 0.535. The molecule has 0 aromatic heterocycles. The van der Waals surface area contributed by atoms with Crippen LogP contribution in [0.25, 0.3) is 0 Å². The van der Waals surface area contributed by atoms with E-state index < -0.39 is 15.2 Å². The number of benzene rings is 2. The van der Waals surface area contributed by atoms with Crippen LogP contribution in [-0.4, -0.2) is 17.5 Å². The minimum Gasteiger partial charge on any atom is -0.437 e. The van der Waals surface area contributed by atoms with E-state index in [1.54, 1.807) is 35.2 Å². The smallest absolute Gasteiger partial charge is 0.412 e. The predicted molar refractivity (Wildman–Crippen MR) is 108 cm³/mol. The zero-order valence-electron chi connectivity index (χ0n) is 14.9. The van der Waals surface area contributed by atoms with E-state index in [1.165, 1.54) is 24.3 Å².